The van der Waals surface area contributed by atoms with Gasteiger partial charge in [0.1, 0.15) is 0 Å². The fourth-order valence-electron chi connectivity index (χ4n) is 1.19. The van der Waals surface area contributed by atoms with E-state index in [0.29, 0.717) is 21.3 Å². The van der Waals surface area contributed by atoms with E-state index in [1.807, 2.05) is 0 Å². The van der Waals surface area contributed by atoms with Crippen LogP contribution in [0.2, 0.25) is 10.0 Å². The summed E-state index contributed by atoms with van der Waals surface area (Å²) in [5.74, 6) is -0.412. The predicted molar refractivity (Wildman–Crippen MR) is 57.8 cm³/mol. The Morgan fingerprint density at radius 3 is 2.14 bits per heavy atom. The van der Waals surface area contributed by atoms with Gasteiger partial charge in [-0.2, -0.15) is 0 Å². The number of halogens is 2. The number of benzene rings is 1. The lowest BCUT2D eigenvalue weighted by Crippen LogP contribution is -2.11. The van der Waals surface area contributed by atoms with Crippen molar-refractivity contribution in [2.24, 2.45) is 0 Å². The van der Waals surface area contributed by atoms with E-state index in [1.165, 1.54) is 6.07 Å². The van der Waals surface area contributed by atoms with Crippen LogP contribution in [0.5, 0.6) is 0 Å². The number of nitrogen functional groups attached to an aromatic ring is 1. The van der Waals surface area contributed by atoms with E-state index < -0.39 is 5.92 Å². The summed E-state index contributed by atoms with van der Waals surface area (Å²) in [4.78, 5) is 0. The second kappa shape index (κ2) is 4.84. The minimum atomic E-state index is -0.412. The molecule has 0 heterocycles. The number of hydrogen-bond acceptors (Lipinski definition) is 3. The van der Waals surface area contributed by atoms with Crippen molar-refractivity contribution in [3.05, 3.63) is 27.7 Å². The van der Waals surface area contributed by atoms with Crippen molar-refractivity contribution in [2.75, 3.05) is 18.9 Å². The summed E-state index contributed by atoms with van der Waals surface area (Å²) >= 11 is 11.5. The topological polar surface area (TPSA) is 66.5 Å². The number of rotatable bonds is 3. The maximum Gasteiger partial charge on any atom is 0.0612 e. The van der Waals surface area contributed by atoms with Gasteiger partial charge in [0, 0.05) is 11.6 Å². The molecule has 1 aromatic carbocycles. The van der Waals surface area contributed by atoms with Crippen molar-refractivity contribution in [3.8, 4) is 0 Å². The van der Waals surface area contributed by atoms with E-state index in [-0.39, 0.29) is 13.2 Å². The summed E-state index contributed by atoms with van der Waals surface area (Å²) in [6, 6.07) is 3.08. The molecule has 1 aromatic rings. The van der Waals surface area contributed by atoms with E-state index in [9.17, 15) is 0 Å². The lowest BCUT2D eigenvalue weighted by Gasteiger charge is -2.14. The van der Waals surface area contributed by atoms with Gasteiger partial charge < -0.3 is 15.9 Å². The molecule has 78 valence electrons. The van der Waals surface area contributed by atoms with Gasteiger partial charge in [0.25, 0.3) is 0 Å². The number of hydrogen-bond donors (Lipinski definition) is 3. The van der Waals surface area contributed by atoms with Crippen LogP contribution in [-0.2, 0) is 0 Å². The van der Waals surface area contributed by atoms with E-state index >= 15 is 0 Å². The molecule has 1 rings (SSSR count). The fraction of sp³-hybridized carbons (Fsp3) is 0.333. The van der Waals surface area contributed by atoms with Crippen LogP contribution in [0.15, 0.2) is 12.1 Å². The molecular formula is C9H11Cl2NO2. The summed E-state index contributed by atoms with van der Waals surface area (Å²) in [6.07, 6.45) is 0. The zero-order chi connectivity index (χ0) is 10.7. The van der Waals surface area contributed by atoms with Crippen LogP contribution in [0.25, 0.3) is 0 Å². The Morgan fingerprint density at radius 2 is 1.64 bits per heavy atom. The summed E-state index contributed by atoms with van der Waals surface area (Å²) in [6.45, 7) is -0.364. The highest BCUT2D eigenvalue weighted by atomic mass is 35.5. The molecule has 3 nitrogen and oxygen atoms in total. The van der Waals surface area contributed by atoms with Gasteiger partial charge in [-0.05, 0) is 17.7 Å². The molecule has 0 bridgehead atoms. The molecule has 5 heteroatoms. The van der Waals surface area contributed by atoms with Crippen LogP contribution in [0, 0.1) is 0 Å². The predicted octanol–water partition coefficient (Wildman–Crippen LogP) is 1.64. The molecular weight excluding hydrogens is 225 g/mol. The molecule has 4 N–H and O–H groups in total. The molecule has 0 saturated carbocycles. The van der Waals surface area contributed by atoms with Crippen LogP contribution >= 0.6 is 23.2 Å². The van der Waals surface area contributed by atoms with Gasteiger partial charge in [0.05, 0.1) is 23.3 Å². The van der Waals surface area contributed by atoms with Gasteiger partial charge in [0.2, 0.25) is 0 Å². The monoisotopic (exact) mass is 235 g/mol. The molecule has 0 aromatic heterocycles. The van der Waals surface area contributed by atoms with Gasteiger partial charge in [-0.15, -0.1) is 0 Å². The SMILES string of the molecule is Nc1cc(Cl)c(Cl)cc1C(CO)CO. The second-order valence-electron chi connectivity index (χ2n) is 2.96. The number of aliphatic hydroxyl groups is 2. The third-order valence-corrected chi connectivity index (χ3v) is 2.73. The van der Waals surface area contributed by atoms with Crippen molar-refractivity contribution in [2.45, 2.75) is 5.92 Å². The van der Waals surface area contributed by atoms with E-state index in [2.05, 4.69) is 0 Å². The number of anilines is 1. The van der Waals surface area contributed by atoms with E-state index in [4.69, 9.17) is 39.1 Å². The molecule has 0 spiro atoms. The van der Waals surface area contributed by atoms with Crippen LogP contribution in [0.4, 0.5) is 5.69 Å². The zero-order valence-electron chi connectivity index (χ0n) is 7.37. The molecule has 0 aliphatic rings. The smallest absolute Gasteiger partial charge is 0.0612 e. The second-order valence-corrected chi connectivity index (χ2v) is 3.77. The van der Waals surface area contributed by atoms with Crippen molar-refractivity contribution in [1.29, 1.82) is 0 Å². The minimum Gasteiger partial charge on any atom is -0.398 e. The van der Waals surface area contributed by atoms with Crippen LogP contribution in [0.3, 0.4) is 0 Å². The van der Waals surface area contributed by atoms with Gasteiger partial charge in [-0.3, -0.25) is 0 Å². The fourth-order valence-corrected chi connectivity index (χ4v) is 1.53. The highest BCUT2D eigenvalue weighted by Crippen LogP contribution is 2.31. The van der Waals surface area contributed by atoms with E-state index in [0.717, 1.165) is 0 Å². The Labute approximate surface area is 92.1 Å². The van der Waals surface area contributed by atoms with Crippen LogP contribution < -0.4 is 5.73 Å². The van der Waals surface area contributed by atoms with Gasteiger partial charge in [0.15, 0.2) is 0 Å². The first-order chi connectivity index (χ1) is 6.60. The van der Waals surface area contributed by atoms with Gasteiger partial charge in [-0.1, -0.05) is 23.2 Å². The molecule has 0 amide bonds. The Morgan fingerprint density at radius 1 is 1.14 bits per heavy atom. The van der Waals surface area contributed by atoms with Gasteiger partial charge >= 0.3 is 0 Å². The molecule has 0 aliphatic heterocycles. The van der Waals surface area contributed by atoms with Crippen LogP contribution in [-0.4, -0.2) is 23.4 Å². The average molecular weight is 236 g/mol. The van der Waals surface area contributed by atoms with Crippen molar-refractivity contribution < 1.29 is 10.2 Å². The maximum absolute atomic E-state index is 8.97. The lowest BCUT2D eigenvalue weighted by atomic mass is 9.99. The Kier molecular flexibility index (Phi) is 4.01. The summed E-state index contributed by atoms with van der Waals surface area (Å²) in [5.41, 5.74) is 6.72. The first-order valence-corrected chi connectivity index (χ1v) is 4.81. The Balaban J connectivity index is 3.14. The third-order valence-electron chi connectivity index (χ3n) is 2.01. The summed E-state index contributed by atoms with van der Waals surface area (Å²) in [5, 5.41) is 18.7. The van der Waals surface area contributed by atoms with Crippen LogP contribution in [0.1, 0.15) is 11.5 Å². The molecule has 14 heavy (non-hydrogen) atoms. The minimum absolute atomic E-state index is 0.182. The van der Waals surface area contributed by atoms with Gasteiger partial charge in [-0.25, -0.2) is 0 Å². The first kappa shape index (κ1) is 11.6. The molecule has 0 radical (unpaired) electrons. The number of nitrogens with two attached hydrogens (primary N) is 1. The zero-order valence-corrected chi connectivity index (χ0v) is 8.89. The molecule has 0 unspecified atom stereocenters. The third kappa shape index (κ3) is 2.30. The highest BCUT2D eigenvalue weighted by Gasteiger charge is 2.14. The highest BCUT2D eigenvalue weighted by molar-refractivity contribution is 6.42. The summed E-state index contributed by atoms with van der Waals surface area (Å²) in [7, 11) is 0. The average Bonchev–Trinajstić information content (AvgIpc) is 2.15. The Hall–Kier alpha value is -0.480. The molecule has 0 fully saturated rings. The van der Waals surface area contributed by atoms with E-state index in [1.54, 1.807) is 6.07 Å². The molecule has 0 saturated heterocycles. The maximum atomic E-state index is 8.97. The van der Waals surface area contributed by atoms with Crippen molar-refractivity contribution in [1.82, 2.24) is 0 Å². The molecule has 0 atom stereocenters. The lowest BCUT2D eigenvalue weighted by molar-refractivity contribution is 0.193. The largest absolute Gasteiger partial charge is 0.398 e. The Bertz CT molecular complexity index is 327. The standard InChI is InChI=1S/C9H11Cl2NO2/c10-7-1-6(5(3-13)4-14)9(12)2-8(7)11/h1-2,5,13-14H,3-4,12H2. The number of aliphatic hydroxyl groups excluding tert-OH is 2. The molecule has 0 aliphatic carbocycles. The summed E-state index contributed by atoms with van der Waals surface area (Å²) < 4.78 is 0. The quantitative estimate of drug-likeness (QED) is 0.699. The normalized spacial score (nSPS) is 10.9. The van der Waals surface area contributed by atoms with Crippen molar-refractivity contribution in [3.63, 3.8) is 0 Å². The van der Waals surface area contributed by atoms with Crippen molar-refractivity contribution >= 4 is 28.9 Å². The first-order valence-electron chi connectivity index (χ1n) is 4.06.